The van der Waals surface area contributed by atoms with Gasteiger partial charge in [-0.2, -0.15) is 10.5 Å². The summed E-state index contributed by atoms with van der Waals surface area (Å²) in [5.41, 5.74) is 4.95. The van der Waals surface area contributed by atoms with E-state index in [4.69, 9.17) is 5.73 Å². The topological polar surface area (TPSA) is 120 Å². The van der Waals surface area contributed by atoms with Gasteiger partial charge in [0.2, 0.25) is 5.91 Å². The molecule has 0 saturated heterocycles. The van der Waals surface area contributed by atoms with Crippen molar-refractivity contribution in [1.82, 2.24) is 5.32 Å². The number of thioether (sulfide) groups is 1. The van der Waals surface area contributed by atoms with Gasteiger partial charge in [0.05, 0.1) is 17.1 Å². The Morgan fingerprint density at radius 2 is 2.08 bits per heavy atom. The highest BCUT2D eigenvalue weighted by Gasteiger charge is 2.57. The van der Waals surface area contributed by atoms with E-state index in [1.54, 1.807) is 24.3 Å². The zero-order valence-corrected chi connectivity index (χ0v) is 13.5. The molecule has 2 aliphatic rings. The lowest BCUT2D eigenvalue weighted by Crippen LogP contribution is -2.60. The van der Waals surface area contributed by atoms with Crippen molar-refractivity contribution in [3.63, 3.8) is 0 Å². The summed E-state index contributed by atoms with van der Waals surface area (Å²) in [6, 6.07) is 12.6. The number of benzene rings is 1. The molecular weight excluding hydrogens is 324 g/mol. The van der Waals surface area contributed by atoms with Crippen LogP contribution in [0.25, 0.3) is 0 Å². The van der Waals surface area contributed by atoms with Crippen LogP contribution in [0.15, 0.2) is 40.9 Å². The average molecular weight is 338 g/mol. The lowest BCUT2D eigenvalue weighted by molar-refractivity contribution is -0.128. The molecule has 3 unspecified atom stereocenters. The fraction of sp³-hybridized carbons (Fsp3) is 0.294. The van der Waals surface area contributed by atoms with Gasteiger partial charge in [-0.05, 0) is 18.4 Å². The normalized spacial score (nSPS) is 26.2. The molecular formula is C17H14N4O2S. The first kappa shape index (κ1) is 16.1. The number of hydrogen-bond acceptors (Lipinski definition) is 6. The molecule has 24 heavy (non-hydrogen) atoms. The summed E-state index contributed by atoms with van der Waals surface area (Å²) in [5, 5.41) is 21.5. The number of primary amides is 1. The molecule has 1 fully saturated rings. The number of carbonyl (C=O) groups is 2. The lowest BCUT2D eigenvalue weighted by Gasteiger charge is -2.47. The van der Waals surface area contributed by atoms with Crippen LogP contribution in [0.1, 0.15) is 23.7 Å². The number of fused-ring (bicyclic) bond motifs is 1. The Labute approximate surface area is 143 Å². The molecule has 6 nitrogen and oxygen atoms in total. The predicted molar refractivity (Wildman–Crippen MR) is 87.8 cm³/mol. The van der Waals surface area contributed by atoms with Gasteiger partial charge in [0, 0.05) is 0 Å². The number of rotatable bonds is 4. The highest BCUT2D eigenvalue weighted by atomic mass is 32.2. The SMILES string of the molecule is N#CC1=C(SC(C(N)=O)c2ccccc2)NC2CCC2(C#N)C1=O. The van der Waals surface area contributed by atoms with Crippen LogP contribution in [-0.4, -0.2) is 17.7 Å². The first-order valence-corrected chi connectivity index (χ1v) is 8.29. The summed E-state index contributed by atoms with van der Waals surface area (Å²) >= 11 is 1.05. The Morgan fingerprint density at radius 3 is 2.58 bits per heavy atom. The van der Waals surface area contributed by atoms with E-state index in [-0.39, 0.29) is 11.6 Å². The van der Waals surface area contributed by atoms with Crippen LogP contribution in [0.2, 0.25) is 0 Å². The Balaban J connectivity index is 1.97. The minimum absolute atomic E-state index is 0.0975. The van der Waals surface area contributed by atoms with Gasteiger partial charge in [-0.1, -0.05) is 42.1 Å². The number of nitrogens with two attached hydrogens (primary N) is 1. The van der Waals surface area contributed by atoms with Crippen LogP contribution < -0.4 is 11.1 Å². The molecule has 3 N–H and O–H groups in total. The summed E-state index contributed by atoms with van der Waals surface area (Å²) in [7, 11) is 0. The first-order chi connectivity index (χ1) is 11.5. The number of nitriles is 2. The van der Waals surface area contributed by atoms with Crippen molar-refractivity contribution in [3.8, 4) is 12.1 Å². The molecule has 1 aliphatic carbocycles. The quantitative estimate of drug-likeness (QED) is 0.859. The van der Waals surface area contributed by atoms with E-state index in [0.29, 0.717) is 23.4 Å². The molecule has 1 amide bonds. The molecule has 1 aliphatic heterocycles. The van der Waals surface area contributed by atoms with Crippen LogP contribution in [-0.2, 0) is 9.59 Å². The summed E-state index contributed by atoms with van der Waals surface area (Å²) in [6.07, 6.45) is 1.12. The van der Waals surface area contributed by atoms with Crippen molar-refractivity contribution >= 4 is 23.5 Å². The maximum atomic E-state index is 12.6. The van der Waals surface area contributed by atoms with Crippen LogP contribution in [0.3, 0.4) is 0 Å². The molecule has 0 aromatic heterocycles. The van der Waals surface area contributed by atoms with E-state index in [0.717, 1.165) is 11.8 Å². The van der Waals surface area contributed by atoms with Crippen molar-refractivity contribution < 1.29 is 9.59 Å². The average Bonchev–Trinajstić information content (AvgIpc) is 2.56. The first-order valence-electron chi connectivity index (χ1n) is 7.41. The monoisotopic (exact) mass is 338 g/mol. The van der Waals surface area contributed by atoms with Gasteiger partial charge in [-0.25, -0.2) is 0 Å². The fourth-order valence-corrected chi connectivity index (χ4v) is 4.13. The van der Waals surface area contributed by atoms with E-state index in [1.807, 2.05) is 12.1 Å². The summed E-state index contributed by atoms with van der Waals surface area (Å²) in [4.78, 5) is 24.5. The minimum Gasteiger partial charge on any atom is -0.374 e. The number of nitrogens with zero attached hydrogens (tertiary/aromatic N) is 2. The summed E-state index contributed by atoms with van der Waals surface area (Å²) < 4.78 is 0. The number of carbonyl (C=O) groups excluding carboxylic acids is 2. The highest BCUT2D eigenvalue weighted by Crippen LogP contribution is 2.49. The lowest BCUT2D eigenvalue weighted by atomic mass is 9.60. The van der Waals surface area contributed by atoms with Gasteiger partial charge in [-0.15, -0.1) is 0 Å². The van der Waals surface area contributed by atoms with Gasteiger partial charge in [0.25, 0.3) is 0 Å². The molecule has 3 atom stereocenters. The van der Waals surface area contributed by atoms with Crippen molar-refractivity contribution in [2.24, 2.45) is 11.1 Å². The molecule has 0 radical (unpaired) electrons. The van der Waals surface area contributed by atoms with Crippen LogP contribution >= 0.6 is 11.8 Å². The third-order valence-electron chi connectivity index (χ3n) is 4.49. The molecule has 0 spiro atoms. The van der Waals surface area contributed by atoms with Crippen LogP contribution in [0, 0.1) is 28.1 Å². The van der Waals surface area contributed by atoms with Gasteiger partial charge >= 0.3 is 0 Å². The van der Waals surface area contributed by atoms with Crippen molar-refractivity contribution in [1.29, 1.82) is 10.5 Å². The molecule has 3 rings (SSSR count). The standard InChI is InChI=1S/C17H14N4O2S/c18-8-11-14(22)17(9-19)7-6-12(17)21-16(11)24-13(15(20)23)10-4-2-1-3-5-10/h1-5,12-13,21H,6-7H2,(H2,20,23). The van der Waals surface area contributed by atoms with Gasteiger partial charge in [0.1, 0.15) is 22.3 Å². The molecule has 1 aromatic carbocycles. The highest BCUT2D eigenvalue weighted by molar-refractivity contribution is 8.03. The molecule has 120 valence electrons. The smallest absolute Gasteiger partial charge is 0.235 e. The molecule has 1 heterocycles. The Hall–Kier alpha value is -2.77. The number of amides is 1. The second-order valence-electron chi connectivity index (χ2n) is 5.77. The maximum Gasteiger partial charge on any atom is 0.235 e. The summed E-state index contributed by atoms with van der Waals surface area (Å²) in [5.74, 6) is -1.02. The summed E-state index contributed by atoms with van der Waals surface area (Å²) in [6.45, 7) is 0. The largest absolute Gasteiger partial charge is 0.374 e. The Morgan fingerprint density at radius 1 is 1.38 bits per heavy atom. The number of allylic oxidation sites excluding steroid dienone is 1. The van der Waals surface area contributed by atoms with E-state index in [9.17, 15) is 20.1 Å². The molecule has 1 saturated carbocycles. The Bertz CT molecular complexity index is 821. The third-order valence-corrected chi connectivity index (χ3v) is 5.79. The molecule has 0 bridgehead atoms. The van der Waals surface area contributed by atoms with Crippen LogP contribution in [0.4, 0.5) is 0 Å². The van der Waals surface area contributed by atoms with Gasteiger partial charge in [-0.3, -0.25) is 9.59 Å². The van der Waals surface area contributed by atoms with Gasteiger partial charge in [0.15, 0.2) is 5.78 Å². The van der Waals surface area contributed by atoms with Gasteiger partial charge < -0.3 is 11.1 Å². The number of nitrogens with one attached hydrogen (secondary N) is 1. The van der Waals surface area contributed by atoms with Crippen LogP contribution in [0.5, 0.6) is 0 Å². The minimum atomic E-state index is -1.15. The zero-order valence-electron chi connectivity index (χ0n) is 12.7. The maximum absolute atomic E-state index is 12.6. The van der Waals surface area contributed by atoms with E-state index in [1.165, 1.54) is 0 Å². The van der Waals surface area contributed by atoms with Crippen molar-refractivity contribution in [2.45, 2.75) is 24.1 Å². The number of Topliss-reactive ketones (excluding diaryl/α,β-unsaturated/α-hetero) is 1. The number of hydrogen-bond donors (Lipinski definition) is 2. The van der Waals surface area contributed by atoms with E-state index >= 15 is 0 Å². The Kier molecular flexibility index (Phi) is 4.04. The van der Waals surface area contributed by atoms with E-state index < -0.39 is 22.4 Å². The number of ketones is 1. The van der Waals surface area contributed by atoms with Crippen molar-refractivity contribution in [3.05, 3.63) is 46.5 Å². The fourth-order valence-electron chi connectivity index (χ4n) is 3.02. The second-order valence-corrected chi connectivity index (χ2v) is 6.89. The predicted octanol–water partition coefficient (Wildman–Crippen LogP) is 1.53. The third kappa shape index (κ3) is 2.34. The van der Waals surface area contributed by atoms with Crippen molar-refractivity contribution in [2.75, 3.05) is 0 Å². The zero-order chi connectivity index (χ0) is 17.3. The van der Waals surface area contributed by atoms with E-state index in [2.05, 4.69) is 11.4 Å². The molecule has 7 heteroatoms. The molecule has 1 aromatic rings. The second kappa shape index (κ2) is 6.03.